The third-order valence-corrected chi connectivity index (χ3v) is 5.49. The van der Waals surface area contributed by atoms with Gasteiger partial charge in [-0.2, -0.15) is 0 Å². The van der Waals surface area contributed by atoms with E-state index in [-0.39, 0.29) is 24.1 Å². The molecule has 0 atom stereocenters. The van der Waals surface area contributed by atoms with Crippen molar-refractivity contribution in [1.29, 1.82) is 0 Å². The van der Waals surface area contributed by atoms with Gasteiger partial charge in [0.2, 0.25) is 0 Å². The Balaban J connectivity index is 2.02. The number of hydrogen-bond acceptors (Lipinski definition) is 6. The molecule has 1 N–H and O–H groups in total. The highest BCUT2D eigenvalue weighted by Gasteiger charge is 2.39. The van der Waals surface area contributed by atoms with Crippen molar-refractivity contribution < 1.29 is 23.8 Å². The van der Waals surface area contributed by atoms with E-state index in [0.717, 1.165) is 16.8 Å². The van der Waals surface area contributed by atoms with Crippen LogP contribution in [0.3, 0.4) is 0 Å². The highest BCUT2D eigenvalue weighted by molar-refractivity contribution is 6.36. The van der Waals surface area contributed by atoms with Crippen molar-refractivity contribution in [3.05, 3.63) is 58.8 Å². The van der Waals surface area contributed by atoms with Crippen molar-refractivity contribution in [1.82, 2.24) is 4.90 Å². The number of hydrogen-bond donors (Lipinski definition) is 1. The van der Waals surface area contributed by atoms with Crippen LogP contribution in [0.2, 0.25) is 0 Å². The SMILES string of the molecule is CCOCCCN1C(=O)C(Nc2ccc(C)c(C)c2)=C(c2ccc(OC)c(OC)c2)C1=O. The average molecular weight is 439 g/mol. The lowest BCUT2D eigenvalue weighted by Crippen LogP contribution is -2.34. The topological polar surface area (TPSA) is 77.1 Å². The molecule has 3 rings (SSSR count). The first-order chi connectivity index (χ1) is 15.4. The van der Waals surface area contributed by atoms with E-state index in [4.69, 9.17) is 14.2 Å². The number of methoxy groups -OCH3 is 2. The molecule has 0 spiro atoms. The fraction of sp³-hybridized carbons (Fsp3) is 0.360. The van der Waals surface area contributed by atoms with Crippen LogP contribution in [0.25, 0.3) is 5.57 Å². The molecular weight excluding hydrogens is 408 g/mol. The molecule has 2 amide bonds. The van der Waals surface area contributed by atoms with Crippen molar-refractivity contribution in [2.75, 3.05) is 39.3 Å². The predicted octanol–water partition coefficient (Wildman–Crippen LogP) is 3.94. The van der Waals surface area contributed by atoms with Crippen molar-refractivity contribution in [3.63, 3.8) is 0 Å². The standard InChI is InChI=1S/C25H30N2O5/c1-6-32-13-7-12-27-24(28)22(18-9-11-20(30-4)21(15-18)31-5)23(25(27)29)26-19-10-8-16(2)17(3)14-19/h8-11,14-15,26H,6-7,12-13H2,1-5H3. The van der Waals surface area contributed by atoms with Crippen LogP contribution in [0, 0.1) is 13.8 Å². The molecule has 7 heteroatoms. The molecular formula is C25H30N2O5. The Kier molecular flexibility index (Phi) is 7.53. The molecule has 170 valence electrons. The summed E-state index contributed by atoms with van der Waals surface area (Å²) in [6.45, 7) is 7.31. The van der Waals surface area contributed by atoms with Gasteiger partial charge in [0.05, 0.1) is 19.8 Å². The van der Waals surface area contributed by atoms with Gasteiger partial charge in [-0.25, -0.2) is 0 Å². The number of carbonyl (C=O) groups excluding carboxylic acids is 2. The van der Waals surface area contributed by atoms with Gasteiger partial charge in [-0.05, 0) is 68.1 Å². The van der Waals surface area contributed by atoms with Gasteiger partial charge < -0.3 is 19.5 Å². The first-order valence-electron chi connectivity index (χ1n) is 10.7. The van der Waals surface area contributed by atoms with E-state index in [0.29, 0.717) is 42.3 Å². The Hall–Kier alpha value is -3.32. The zero-order valence-electron chi connectivity index (χ0n) is 19.3. The van der Waals surface area contributed by atoms with E-state index in [9.17, 15) is 9.59 Å². The first kappa shape index (κ1) is 23.3. The Bertz CT molecular complexity index is 1040. The number of benzene rings is 2. The van der Waals surface area contributed by atoms with Crippen LogP contribution in [0.5, 0.6) is 11.5 Å². The number of ether oxygens (including phenoxy) is 3. The van der Waals surface area contributed by atoms with E-state index in [1.165, 1.54) is 12.0 Å². The van der Waals surface area contributed by atoms with Crippen LogP contribution in [0.1, 0.15) is 30.0 Å². The second-order valence-electron chi connectivity index (χ2n) is 7.56. The number of nitrogens with zero attached hydrogens (tertiary/aromatic N) is 1. The maximum atomic E-state index is 13.4. The van der Waals surface area contributed by atoms with E-state index in [2.05, 4.69) is 5.32 Å². The number of amides is 2. The zero-order valence-corrected chi connectivity index (χ0v) is 19.3. The highest BCUT2D eigenvalue weighted by atomic mass is 16.5. The van der Waals surface area contributed by atoms with Crippen molar-refractivity contribution in [2.24, 2.45) is 0 Å². The highest BCUT2D eigenvalue weighted by Crippen LogP contribution is 2.35. The minimum absolute atomic E-state index is 0.252. The Morgan fingerprint density at radius 2 is 1.66 bits per heavy atom. The smallest absolute Gasteiger partial charge is 0.278 e. The number of aryl methyl sites for hydroxylation is 2. The quantitative estimate of drug-likeness (QED) is 0.447. The number of carbonyl (C=O) groups is 2. The summed E-state index contributed by atoms with van der Waals surface area (Å²) >= 11 is 0. The van der Waals surface area contributed by atoms with Crippen LogP contribution in [0.4, 0.5) is 5.69 Å². The fourth-order valence-electron chi connectivity index (χ4n) is 3.59. The lowest BCUT2D eigenvalue weighted by Gasteiger charge is -2.15. The van der Waals surface area contributed by atoms with Crippen molar-refractivity contribution in [2.45, 2.75) is 27.2 Å². The molecule has 2 aromatic rings. The summed E-state index contributed by atoms with van der Waals surface area (Å²) in [7, 11) is 3.08. The lowest BCUT2D eigenvalue weighted by molar-refractivity contribution is -0.137. The predicted molar refractivity (Wildman–Crippen MR) is 124 cm³/mol. The largest absolute Gasteiger partial charge is 0.493 e. The van der Waals surface area contributed by atoms with Crippen molar-refractivity contribution >= 4 is 23.1 Å². The third-order valence-electron chi connectivity index (χ3n) is 5.49. The van der Waals surface area contributed by atoms with Gasteiger partial charge in [-0.1, -0.05) is 12.1 Å². The normalized spacial score (nSPS) is 13.7. The molecule has 7 nitrogen and oxygen atoms in total. The molecule has 0 fully saturated rings. The molecule has 0 saturated carbocycles. The molecule has 0 radical (unpaired) electrons. The molecule has 0 saturated heterocycles. The van der Waals surface area contributed by atoms with E-state index >= 15 is 0 Å². The second-order valence-corrected chi connectivity index (χ2v) is 7.56. The number of rotatable bonds is 10. The minimum Gasteiger partial charge on any atom is -0.493 e. The zero-order chi connectivity index (χ0) is 23.3. The van der Waals surface area contributed by atoms with Gasteiger partial charge in [0.1, 0.15) is 5.70 Å². The molecule has 1 heterocycles. The van der Waals surface area contributed by atoms with E-state index in [1.807, 2.05) is 39.0 Å². The van der Waals surface area contributed by atoms with E-state index in [1.54, 1.807) is 25.3 Å². The molecule has 0 aromatic heterocycles. The Labute approximate surface area is 189 Å². The number of nitrogens with one attached hydrogen (secondary N) is 1. The lowest BCUT2D eigenvalue weighted by atomic mass is 10.0. The summed E-state index contributed by atoms with van der Waals surface area (Å²) in [5, 5.41) is 3.20. The van der Waals surface area contributed by atoms with Crippen LogP contribution >= 0.6 is 0 Å². The molecule has 2 aromatic carbocycles. The Morgan fingerprint density at radius 1 is 0.906 bits per heavy atom. The van der Waals surface area contributed by atoms with Gasteiger partial charge in [0.25, 0.3) is 11.8 Å². The maximum Gasteiger partial charge on any atom is 0.278 e. The molecule has 0 unspecified atom stereocenters. The Morgan fingerprint density at radius 3 is 2.31 bits per heavy atom. The number of imide groups is 1. The summed E-state index contributed by atoms with van der Waals surface area (Å²) < 4.78 is 16.1. The number of anilines is 1. The monoisotopic (exact) mass is 438 g/mol. The van der Waals surface area contributed by atoms with Gasteiger partial charge in [-0.15, -0.1) is 0 Å². The maximum absolute atomic E-state index is 13.4. The average Bonchev–Trinajstić information content (AvgIpc) is 3.02. The summed E-state index contributed by atoms with van der Waals surface area (Å²) in [5.74, 6) is 0.337. The molecule has 0 bridgehead atoms. The van der Waals surface area contributed by atoms with Gasteiger partial charge in [0.15, 0.2) is 11.5 Å². The third kappa shape index (κ3) is 4.78. The van der Waals surface area contributed by atoms with Crippen LogP contribution in [0.15, 0.2) is 42.1 Å². The second kappa shape index (κ2) is 10.3. The first-order valence-corrected chi connectivity index (χ1v) is 10.7. The van der Waals surface area contributed by atoms with Gasteiger partial charge in [0, 0.05) is 25.4 Å². The summed E-state index contributed by atoms with van der Waals surface area (Å²) in [6, 6.07) is 11.0. The summed E-state index contributed by atoms with van der Waals surface area (Å²) in [6.07, 6.45) is 0.571. The minimum atomic E-state index is -0.352. The fourth-order valence-corrected chi connectivity index (χ4v) is 3.59. The van der Waals surface area contributed by atoms with Crippen molar-refractivity contribution in [3.8, 4) is 11.5 Å². The molecule has 1 aliphatic rings. The van der Waals surface area contributed by atoms with Crippen LogP contribution in [-0.2, 0) is 14.3 Å². The van der Waals surface area contributed by atoms with Gasteiger partial charge >= 0.3 is 0 Å². The molecule has 0 aliphatic carbocycles. The summed E-state index contributed by atoms with van der Waals surface area (Å²) in [5.41, 5.74) is 4.13. The van der Waals surface area contributed by atoms with Gasteiger partial charge in [-0.3, -0.25) is 14.5 Å². The molecule has 1 aliphatic heterocycles. The molecule has 32 heavy (non-hydrogen) atoms. The summed E-state index contributed by atoms with van der Waals surface area (Å²) in [4.78, 5) is 27.9. The van der Waals surface area contributed by atoms with E-state index < -0.39 is 0 Å². The van der Waals surface area contributed by atoms with Crippen LogP contribution in [-0.4, -0.2) is 50.7 Å². The van der Waals surface area contributed by atoms with Crippen LogP contribution < -0.4 is 14.8 Å².